The van der Waals surface area contributed by atoms with Crippen LogP contribution in [-0.2, 0) is 17.6 Å². The summed E-state index contributed by atoms with van der Waals surface area (Å²) in [5.74, 6) is -0.213. The Hall–Kier alpha value is -2.29. The number of hydrogen-bond donors (Lipinski definition) is 1. The molecule has 0 aliphatic carbocycles. The van der Waals surface area contributed by atoms with E-state index in [1.807, 2.05) is 42.5 Å². The van der Waals surface area contributed by atoms with Gasteiger partial charge in [0.1, 0.15) is 5.75 Å². The van der Waals surface area contributed by atoms with E-state index in [9.17, 15) is 4.79 Å². The van der Waals surface area contributed by atoms with Crippen molar-refractivity contribution < 1.29 is 14.6 Å². The van der Waals surface area contributed by atoms with Gasteiger partial charge in [-0.3, -0.25) is 4.79 Å². The van der Waals surface area contributed by atoms with E-state index in [4.69, 9.17) is 9.84 Å². The minimum Gasteiger partial charge on any atom is -0.496 e. The van der Waals surface area contributed by atoms with Gasteiger partial charge in [-0.15, -0.1) is 0 Å². The van der Waals surface area contributed by atoms with E-state index in [2.05, 4.69) is 0 Å². The van der Waals surface area contributed by atoms with E-state index >= 15 is 0 Å². The summed E-state index contributed by atoms with van der Waals surface area (Å²) in [7, 11) is 1.56. The van der Waals surface area contributed by atoms with Gasteiger partial charge in [-0.2, -0.15) is 0 Å². The van der Waals surface area contributed by atoms with Gasteiger partial charge in [-0.25, -0.2) is 0 Å². The van der Waals surface area contributed by atoms with Crippen LogP contribution in [0, 0.1) is 0 Å². The van der Waals surface area contributed by atoms with Crippen molar-refractivity contribution in [3.8, 4) is 5.75 Å². The molecule has 0 saturated carbocycles. The Balaban J connectivity index is 2.36. The van der Waals surface area contributed by atoms with E-state index in [1.54, 1.807) is 13.2 Å². The van der Waals surface area contributed by atoms with Crippen LogP contribution in [0.2, 0.25) is 0 Å². The van der Waals surface area contributed by atoms with Crippen molar-refractivity contribution in [2.75, 3.05) is 7.11 Å². The first-order chi connectivity index (χ1) is 9.20. The molecule has 0 heterocycles. The number of carboxylic acid groups (broad SMARTS) is 1. The minimum atomic E-state index is -0.848. The summed E-state index contributed by atoms with van der Waals surface area (Å²) >= 11 is 0. The first kappa shape index (κ1) is 13.1. The van der Waals surface area contributed by atoms with E-state index in [-0.39, 0.29) is 6.42 Å². The van der Waals surface area contributed by atoms with E-state index in [0.717, 1.165) is 16.7 Å². The average Bonchev–Trinajstić information content (AvgIpc) is 2.41. The molecule has 0 atom stereocenters. The van der Waals surface area contributed by atoms with Gasteiger partial charge >= 0.3 is 5.97 Å². The molecule has 3 heteroatoms. The predicted octanol–water partition coefficient (Wildman–Crippen LogP) is 2.91. The minimum absolute atomic E-state index is 0.0216. The zero-order valence-corrected chi connectivity index (χ0v) is 10.8. The van der Waals surface area contributed by atoms with E-state index in [1.165, 1.54) is 0 Å². The lowest BCUT2D eigenvalue weighted by Crippen LogP contribution is -2.06. The van der Waals surface area contributed by atoms with Crippen molar-refractivity contribution >= 4 is 5.97 Å². The zero-order valence-electron chi connectivity index (χ0n) is 10.8. The van der Waals surface area contributed by atoms with Crippen LogP contribution in [0.4, 0.5) is 0 Å². The van der Waals surface area contributed by atoms with Gasteiger partial charge in [-0.05, 0) is 23.6 Å². The van der Waals surface area contributed by atoms with Crippen LogP contribution >= 0.6 is 0 Å². The number of carbonyl (C=O) groups is 1. The Morgan fingerprint density at radius 2 is 1.84 bits per heavy atom. The Bertz CT molecular complexity index is 561. The van der Waals surface area contributed by atoms with Gasteiger partial charge in [0.05, 0.1) is 13.5 Å². The third kappa shape index (κ3) is 3.35. The van der Waals surface area contributed by atoms with Crippen LogP contribution < -0.4 is 4.74 Å². The quantitative estimate of drug-likeness (QED) is 0.894. The van der Waals surface area contributed by atoms with Crippen molar-refractivity contribution in [2.45, 2.75) is 12.8 Å². The molecule has 2 aromatic rings. The lowest BCUT2D eigenvalue weighted by molar-refractivity contribution is -0.136. The average molecular weight is 256 g/mol. The highest BCUT2D eigenvalue weighted by Crippen LogP contribution is 2.25. The van der Waals surface area contributed by atoms with Gasteiger partial charge in [0.25, 0.3) is 0 Å². The summed E-state index contributed by atoms with van der Waals surface area (Å²) in [4.78, 5) is 11.0. The van der Waals surface area contributed by atoms with Crippen molar-refractivity contribution in [2.24, 2.45) is 0 Å². The first-order valence-electron chi connectivity index (χ1n) is 6.11. The number of benzene rings is 2. The number of rotatable bonds is 5. The number of carboxylic acids is 1. The highest BCUT2D eigenvalue weighted by molar-refractivity contribution is 5.72. The Morgan fingerprint density at radius 3 is 2.47 bits per heavy atom. The zero-order chi connectivity index (χ0) is 13.7. The van der Waals surface area contributed by atoms with Gasteiger partial charge < -0.3 is 9.84 Å². The van der Waals surface area contributed by atoms with Crippen LogP contribution in [0.3, 0.4) is 0 Å². The Labute approximate surface area is 112 Å². The summed E-state index contributed by atoms with van der Waals surface area (Å²) in [6.45, 7) is 0. The molecule has 0 aromatic heterocycles. The molecule has 0 aliphatic heterocycles. The Morgan fingerprint density at radius 1 is 1.11 bits per heavy atom. The lowest BCUT2D eigenvalue weighted by Gasteiger charge is -2.12. The van der Waals surface area contributed by atoms with Crippen molar-refractivity contribution in [1.82, 2.24) is 0 Å². The standard InChI is InChI=1S/C16H16O3/c1-19-15-9-5-8-13(14(15)11-16(17)18)10-12-6-3-2-4-7-12/h2-9H,10-11H2,1H3,(H,17,18). The third-order valence-corrected chi connectivity index (χ3v) is 3.02. The largest absolute Gasteiger partial charge is 0.496 e. The maximum Gasteiger partial charge on any atom is 0.307 e. The van der Waals surface area contributed by atoms with Gasteiger partial charge in [0.2, 0.25) is 0 Å². The monoisotopic (exact) mass is 256 g/mol. The number of aliphatic carboxylic acids is 1. The SMILES string of the molecule is COc1cccc(Cc2ccccc2)c1CC(=O)O. The molecular formula is C16H16O3. The van der Waals surface area contributed by atoms with Crippen LogP contribution in [0.1, 0.15) is 16.7 Å². The maximum atomic E-state index is 11.0. The second kappa shape index (κ2) is 6.05. The second-order valence-electron chi connectivity index (χ2n) is 4.33. The normalized spacial score (nSPS) is 10.2. The predicted molar refractivity (Wildman–Crippen MR) is 73.6 cm³/mol. The molecule has 19 heavy (non-hydrogen) atoms. The van der Waals surface area contributed by atoms with E-state index in [0.29, 0.717) is 12.2 Å². The molecule has 3 nitrogen and oxygen atoms in total. The molecular weight excluding hydrogens is 240 g/mol. The van der Waals surface area contributed by atoms with Crippen molar-refractivity contribution in [3.63, 3.8) is 0 Å². The van der Waals surface area contributed by atoms with Gasteiger partial charge in [0.15, 0.2) is 0 Å². The van der Waals surface area contributed by atoms with Gasteiger partial charge in [-0.1, -0.05) is 42.5 Å². The molecule has 0 amide bonds. The topological polar surface area (TPSA) is 46.5 Å². The molecule has 0 saturated heterocycles. The van der Waals surface area contributed by atoms with Gasteiger partial charge in [0, 0.05) is 5.56 Å². The summed E-state index contributed by atoms with van der Waals surface area (Å²) in [6.07, 6.45) is 0.687. The van der Waals surface area contributed by atoms with E-state index < -0.39 is 5.97 Å². The molecule has 2 rings (SSSR count). The van der Waals surface area contributed by atoms with Crippen LogP contribution in [0.5, 0.6) is 5.75 Å². The molecule has 1 N–H and O–H groups in total. The lowest BCUT2D eigenvalue weighted by atomic mass is 9.97. The van der Waals surface area contributed by atoms with Crippen molar-refractivity contribution in [1.29, 1.82) is 0 Å². The number of methoxy groups -OCH3 is 1. The fourth-order valence-electron chi connectivity index (χ4n) is 2.14. The fraction of sp³-hybridized carbons (Fsp3) is 0.188. The number of hydrogen-bond acceptors (Lipinski definition) is 2. The summed E-state index contributed by atoms with van der Waals surface area (Å²) in [5, 5.41) is 9.02. The molecule has 0 radical (unpaired) electrons. The van der Waals surface area contributed by atoms with Crippen LogP contribution in [0.25, 0.3) is 0 Å². The molecule has 0 aliphatic rings. The molecule has 98 valence electrons. The van der Waals surface area contributed by atoms with Crippen molar-refractivity contribution in [3.05, 3.63) is 65.2 Å². The smallest absolute Gasteiger partial charge is 0.307 e. The second-order valence-corrected chi connectivity index (χ2v) is 4.33. The summed E-state index contributed by atoms with van der Waals surface area (Å²) < 4.78 is 5.26. The first-order valence-corrected chi connectivity index (χ1v) is 6.11. The summed E-state index contributed by atoms with van der Waals surface area (Å²) in [5.41, 5.74) is 2.90. The molecule has 2 aromatic carbocycles. The maximum absolute atomic E-state index is 11.0. The molecule has 0 fully saturated rings. The summed E-state index contributed by atoms with van der Waals surface area (Å²) in [6, 6.07) is 15.6. The molecule has 0 bridgehead atoms. The highest BCUT2D eigenvalue weighted by atomic mass is 16.5. The molecule has 0 unspecified atom stereocenters. The number of ether oxygens (including phenoxy) is 1. The third-order valence-electron chi connectivity index (χ3n) is 3.02. The van der Waals surface area contributed by atoms with Crippen LogP contribution in [-0.4, -0.2) is 18.2 Å². The molecule has 0 spiro atoms. The highest BCUT2D eigenvalue weighted by Gasteiger charge is 2.12. The van der Waals surface area contributed by atoms with Crippen LogP contribution in [0.15, 0.2) is 48.5 Å². The fourth-order valence-corrected chi connectivity index (χ4v) is 2.14. The Kier molecular flexibility index (Phi) is 4.18.